The highest BCUT2D eigenvalue weighted by atomic mass is 16.1. The molecule has 1 fully saturated rings. The third-order valence-electron chi connectivity index (χ3n) is 4.28. The van der Waals surface area contributed by atoms with Crippen LogP contribution in [0.15, 0.2) is 30.5 Å². The minimum absolute atomic E-state index is 0.266. The van der Waals surface area contributed by atoms with Crippen LogP contribution in [-0.2, 0) is 0 Å². The van der Waals surface area contributed by atoms with Crippen LogP contribution in [0.4, 0.5) is 0 Å². The Bertz CT molecular complexity index is 579. The maximum atomic E-state index is 12.4. The van der Waals surface area contributed by atoms with Crippen LogP contribution in [0.2, 0.25) is 0 Å². The Hall–Kier alpha value is -1.61. The maximum Gasteiger partial charge on any atom is 0.219 e. The van der Waals surface area contributed by atoms with Gasteiger partial charge in [0.2, 0.25) is 5.78 Å². The maximum absolute atomic E-state index is 12.4. The molecule has 0 unspecified atom stereocenters. The molecule has 0 spiro atoms. The van der Waals surface area contributed by atoms with Crippen LogP contribution >= 0.6 is 0 Å². The lowest BCUT2D eigenvalue weighted by Crippen LogP contribution is -3.13. The fourth-order valence-electron chi connectivity index (χ4n) is 2.97. The van der Waals surface area contributed by atoms with Crippen LogP contribution in [-0.4, -0.2) is 30.4 Å². The molecular weight excluding hydrogens is 236 g/mol. The highest BCUT2D eigenvalue weighted by Crippen LogP contribution is 2.17. The number of H-pyrrole nitrogens is 1. The molecule has 1 aromatic heterocycles. The van der Waals surface area contributed by atoms with Gasteiger partial charge < -0.3 is 9.88 Å². The van der Waals surface area contributed by atoms with Crippen molar-refractivity contribution in [3.8, 4) is 0 Å². The number of fused-ring (bicyclic) bond motifs is 1. The molecule has 0 saturated carbocycles. The summed E-state index contributed by atoms with van der Waals surface area (Å²) in [5, 5.41) is 1.05. The summed E-state index contributed by atoms with van der Waals surface area (Å²) >= 11 is 0. The van der Waals surface area contributed by atoms with E-state index < -0.39 is 0 Å². The van der Waals surface area contributed by atoms with Gasteiger partial charge in [0.15, 0.2) is 0 Å². The third kappa shape index (κ3) is 2.56. The number of carbonyl (C=O) groups is 1. The smallest absolute Gasteiger partial charge is 0.219 e. The number of ketones is 1. The molecule has 0 amide bonds. The highest BCUT2D eigenvalue weighted by molar-refractivity contribution is 6.08. The Morgan fingerprint density at radius 1 is 1.32 bits per heavy atom. The van der Waals surface area contributed by atoms with Crippen LogP contribution < -0.4 is 4.90 Å². The van der Waals surface area contributed by atoms with Crippen molar-refractivity contribution < 1.29 is 9.69 Å². The molecule has 100 valence electrons. The summed E-state index contributed by atoms with van der Waals surface area (Å²) in [6.07, 6.45) is 4.35. The lowest BCUT2D eigenvalue weighted by molar-refractivity contribution is -0.897. The summed E-state index contributed by atoms with van der Waals surface area (Å²) in [5.41, 5.74) is 1.90. The molecular formula is C16H21N2O+. The summed E-state index contributed by atoms with van der Waals surface area (Å²) in [5.74, 6) is 1.09. The van der Waals surface area contributed by atoms with Crippen LogP contribution in [0.25, 0.3) is 10.9 Å². The number of carbonyl (C=O) groups excluding carboxylic acids is 1. The first-order chi connectivity index (χ1) is 9.24. The van der Waals surface area contributed by atoms with Crippen LogP contribution in [0.5, 0.6) is 0 Å². The Labute approximate surface area is 113 Å². The number of nitrogens with one attached hydrogen (secondary N) is 2. The number of quaternary nitrogens is 1. The summed E-state index contributed by atoms with van der Waals surface area (Å²) in [4.78, 5) is 17.1. The van der Waals surface area contributed by atoms with Gasteiger partial charge >= 0.3 is 0 Å². The van der Waals surface area contributed by atoms with Crippen molar-refractivity contribution >= 4 is 16.7 Å². The first-order valence-electron chi connectivity index (χ1n) is 7.17. The molecule has 2 N–H and O–H groups in total. The Morgan fingerprint density at radius 2 is 2.05 bits per heavy atom. The van der Waals surface area contributed by atoms with Crippen molar-refractivity contribution in [2.45, 2.75) is 19.8 Å². The van der Waals surface area contributed by atoms with E-state index in [1.165, 1.54) is 17.7 Å². The highest BCUT2D eigenvalue weighted by Gasteiger charge is 2.23. The van der Waals surface area contributed by atoms with E-state index in [4.69, 9.17) is 0 Å². The number of aromatic amines is 1. The summed E-state index contributed by atoms with van der Waals surface area (Å²) in [7, 11) is 0. The fraction of sp³-hybridized carbons (Fsp3) is 0.438. The molecule has 2 heterocycles. The van der Waals surface area contributed by atoms with Gasteiger partial charge in [-0.05, 0) is 24.8 Å². The van der Waals surface area contributed by atoms with Crippen LogP contribution in [0, 0.1) is 5.92 Å². The van der Waals surface area contributed by atoms with E-state index in [0.717, 1.165) is 35.5 Å². The average Bonchev–Trinajstić information content (AvgIpc) is 2.85. The quantitative estimate of drug-likeness (QED) is 0.806. The lowest BCUT2D eigenvalue weighted by Gasteiger charge is -2.26. The second kappa shape index (κ2) is 5.17. The SMILES string of the molecule is CC1CC[NH+](CC(=O)c2c[nH]c3ccccc23)CC1. The Morgan fingerprint density at radius 3 is 2.84 bits per heavy atom. The number of piperidine rings is 1. The molecule has 19 heavy (non-hydrogen) atoms. The molecule has 1 aliphatic heterocycles. The van der Waals surface area contributed by atoms with E-state index in [-0.39, 0.29) is 5.78 Å². The monoisotopic (exact) mass is 257 g/mol. The number of para-hydroxylation sites is 1. The van der Waals surface area contributed by atoms with Crippen molar-refractivity contribution in [2.24, 2.45) is 5.92 Å². The number of rotatable bonds is 3. The summed E-state index contributed by atoms with van der Waals surface area (Å²) in [6, 6.07) is 8.01. The summed E-state index contributed by atoms with van der Waals surface area (Å²) in [6.45, 7) is 5.21. The standard InChI is InChI=1S/C16H20N2O/c1-12-6-8-18(9-7-12)11-16(19)14-10-17-15-5-3-2-4-13(14)15/h2-5,10,12,17H,6-9,11H2,1H3/p+1. The number of aromatic nitrogens is 1. The molecule has 1 aliphatic rings. The van der Waals surface area contributed by atoms with Crippen LogP contribution in [0.3, 0.4) is 0 Å². The molecule has 0 atom stereocenters. The topological polar surface area (TPSA) is 37.3 Å². The van der Waals surface area contributed by atoms with Crippen molar-refractivity contribution in [2.75, 3.05) is 19.6 Å². The number of benzene rings is 1. The molecule has 3 heteroatoms. The van der Waals surface area contributed by atoms with Crippen molar-refractivity contribution in [1.29, 1.82) is 0 Å². The fourth-order valence-corrected chi connectivity index (χ4v) is 2.97. The normalized spacial score (nSPS) is 23.6. The Kier molecular flexibility index (Phi) is 3.38. The number of Topliss-reactive ketones (excluding diaryl/α,β-unsaturated/α-hetero) is 1. The molecule has 3 rings (SSSR count). The van der Waals surface area contributed by atoms with Crippen molar-refractivity contribution in [1.82, 2.24) is 4.98 Å². The molecule has 1 saturated heterocycles. The van der Waals surface area contributed by atoms with Gasteiger partial charge in [0, 0.05) is 22.7 Å². The first-order valence-corrected chi connectivity index (χ1v) is 7.17. The zero-order valence-corrected chi connectivity index (χ0v) is 11.4. The van der Waals surface area contributed by atoms with Crippen molar-refractivity contribution in [3.05, 3.63) is 36.0 Å². The van der Waals surface area contributed by atoms with Gasteiger partial charge in [-0.15, -0.1) is 0 Å². The van der Waals surface area contributed by atoms with Gasteiger partial charge in [0.05, 0.1) is 13.1 Å². The third-order valence-corrected chi connectivity index (χ3v) is 4.28. The van der Waals surface area contributed by atoms with E-state index in [2.05, 4.69) is 11.9 Å². The van der Waals surface area contributed by atoms with Gasteiger partial charge in [-0.2, -0.15) is 0 Å². The molecule has 0 aliphatic carbocycles. The van der Waals surface area contributed by atoms with E-state index in [9.17, 15) is 4.79 Å². The predicted molar refractivity (Wildman–Crippen MR) is 76.6 cm³/mol. The minimum Gasteiger partial charge on any atom is -0.360 e. The van der Waals surface area contributed by atoms with Gasteiger partial charge in [0.1, 0.15) is 6.54 Å². The van der Waals surface area contributed by atoms with E-state index in [0.29, 0.717) is 6.54 Å². The number of hydrogen-bond acceptors (Lipinski definition) is 1. The largest absolute Gasteiger partial charge is 0.360 e. The minimum atomic E-state index is 0.266. The number of hydrogen-bond donors (Lipinski definition) is 2. The number of likely N-dealkylation sites (tertiary alicyclic amines) is 1. The van der Waals surface area contributed by atoms with Gasteiger partial charge in [-0.25, -0.2) is 0 Å². The average molecular weight is 257 g/mol. The van der Waals surface area contributed by atoms with Gasteiger partial charge in [-0.1, -0.05) is 25.1 Å². The first kappa shape index (κ1) is 12.4. The lowest BCUT2D eigenvalue weighted by atomic mass is 9.98. The summed E-state index contributed by atoms with van der Waals surface area (Å²) < 4.78 is 0. The van der Waals surface area contributed by atoms with E-state index in [1.54, 1.807) is 0 Å². The predicted octanol–water partition coefficient (Wildman–Crippen LogP) is 1.67. The van der Waals surface area contributed by atoms with Crippen molar-refractivity contribution in [3.63, 3.8) is 0 Å². The molecule has 1 aromatic carbocycles. The second-order valence-electron chi connectivity index (χ2n) is 5.78. The van der Waals surface area contributed by atoms with E-state index >= 15 is 0 Å². The molecule has 0 bridgehead atoms. The van der Waals surface area contributed by atoms with Gasteiger partial charge in [-0.3, -0.25) is 4.79 Å². The molecule has 2 aromatic rings. The second-order valence-corrected chi connectivity index (χ2v) is 5.78. The zero-order chi connectivity index (χ0) is 13.2. The molecule has 3 nitrogen and oxygen atoms in total. The van der Waals surface area contributed by atoms with E-state index in [1.807, 2.05) is 30.5 Å². The molecule has 0 radical (unpaired) electrons. The van der Waals surface area contributed by atoms with Gasteiger partial charge in [0.25, 0.3) is 0 Å². The Balaban J connectivity index is 1.73. The van der Waals surface area contributed by atoms with Crippen LogP contribution in [0.1, 0.15) is 30.1 Å². The zero-order valence-electron chi connectivity index (χ0n) is 11.4.